The molecule has 1 aliphatic heterocycles. The second-order valence-electron chi connectivity index (χ2n) is 7.15. The molecule has 0 radical (unpaired) electrons. The zero-order chi connectivity index (χ0) is 19.1. The van der Waals surface area contributed by atoms with E-state index >= 15 is 0 Å². The van der Waals surface area contributed by atoms with Crippen LogP contribution < -0.4 is 10.2 Å². The van der Waals surface area contributed by atoms with E-state index in [-0.39, 0.29) is 11.9 Å². The van der Waals surface area contributed by atoms with Crippen LogP contribution in [0.2, 0.25) is 0 Å². The molecule has 5 nitrogen and oxygen atoms in total. The smallest absolute Gasteiger partial charge is 0.237 e. The molecule has 2 aromatic rings. The molecule has 1 aliphatic rings. The first-order valence-electron chi connectivity index (χ1n) is 9.91. The zero-order valence-electron chi connectivity index (χ0n) is 16.3. The van der Waals surface area contributed by atoms with Crippen molar-refractivity contribution in [3.05, 3.63) is 60.3 Å². The van der Waals surface area contributed by atoms with Crippen LogP contribution in [0.15, 0.2) is 54.7 Å². The zero-order valence-corrected chi connectivity index (χ0v) is 16.3. The van der Waals surface area contributed by atoms with Crippen molar-refractivity contribution in [2.75, 3.05) is 37.6 Å². The van der Waals surface area contributed by atoms with Crippen LogP contribution in [-0.2, 0) is 4.79 Å². The minimum absolute atomic E-state index is 0.107. The fourth-order valence-electron chi connectivity index (χ4n) is 3.64. The van der Waals surface area contributed by atoms with Gasteiger partial charge in [-0.1, -0.05) is 43.3 Å². The second kappa shape index (κ2) is 9.51. The van der Waals surface area contributed by atoms with Crippen LogP contribution >= 0.6 is 0 Å². The van der Waals surface area contributed by atoms with Gasteiger partial charge in [-0.05, 0) is 31.0 Å². The van der Waals surface area contributed by atoms with E-state index in [4.69, 9.17) is 0 Å². The van der Waals surface area contributed by atoms with Gasteiger partial charge in [-0.3, -0.25) is 9.69 Å². The molecule has 0 aliphatic carbocycles. The standard InChI is InChI=1S/C22H30N4O/c1-3-19(20-9-5-4-6-10-20)17-24-22(27)18(2)25-13-15-26(16-14-25)21-11-7-8-12-23-21/h4-12,18-19H,3,13-17H2,1-2H3,(H,24,27)/t18-,19-/m1/s1. The van der Waals surface area contributed by atoms with Crippen LogP contribution in [0.5, 0.6) is 0 Å². The van der Waals surface area contributed by atoms with E-state index in [1.54, 1.807) is 0 Å². The molecule has 0 saturated carbocycles. The summed E-state index contributed by atoms with van der Waals surface area (Å²) in [6.45, 7) is 8.42. The molecule has 0 bridgehead atoms. The molecule has 3 rings (SSSR count). The number of anilines is 1. The minimum Gasteiger partial charge on any atom is -0.354 e. The highest BCUT2D eigenvalue weighted by atomic mass is 16.2. The number of aromatic nitrogens is 1. The fraction of sp³-hybridized carbons (Fsp3) is 0.455. The topological polar surface area (TPSA) is 48.5 Å². The molecule has 0 spiro atoms. The third-order valence-electron chi connectivity index (χ3n) is 5.50. The Morgan fingerprint density at radius 1 is 1.07 bits per heavy atom. The lowest BCUT2D eigenvalue weighted by molar-refractivity contribution is -0.126. The van der Waals surface area contributed by atoms with Gasteiger partial charge in [-0.2, -0.15) is 0 Å². The average molecular weight is 367 g/mol. The summed E-state index contributed by atoms with van der Waals surface area (Å²) >= 11 is 0. The summed E-state index contributed by atoms with van der Waals surface area (Å²) in [5.74, 6) is 1.50. The number of nitrogens with zero attached hydrogens (tertiary/aromatic N) is 3. The molecule has 2 atom stereocenters. The summed E-state index contributed by atoms with van der Waals surface area (Å²) in [5.41, 5.74) is 1.29. The highest BCUT2D eigenvalue weighted by Crippen LogP contribution is 2.18. The first kappa shape index (κ1) is 19.4. The van der Waals surface area contributed by atoms with Gasteiger partial charge in [-0.15, -0.1) is 0 Å². The Labute approximate surface area is 162 Å². The highest BCUT2D eigenvalue weighted by molar-refractivity contribution is 5.81. The third-order valence-corrected chi connectivity index (χ3v) is 5.50. The van der Waals surface area contributed by atoms with Gasteiger partial charge in [0.05, 0.1) is 6.04 Å². The fourth-order valence-corrected chi connectivity index (χ4v) is 3.64. The van der Waals surface area contributed by atoms with Crippen molar-refractivity contribution in [2.45, 2.75) is 32.2 Å². The maximum atomic E-state index is 12.7. The van der Waals surface area contributed by atoms with Crippen molar-refractivity contribution in [1.82, 2.24) is 15.2 Å². The summed E-state index contributed by atoms with van der Waals surface area (Å²) in [5, 5.41) is 3.17. The number of pyridine rings is 1. The largest absolute Gasteiger partial charge is 0.354 e. The molecule has 0 unspecified atom stereocenters. The molecule has 1 amide bonds. The monoisotopic (exact) mass is 366 g/mol. The van der Waals surface area contributed by atoms with Crippen LogP contribution in [0.25, 0.3) is 0 Å². The van der Waals surface area contributed by atoms with Gasteiger partial charge in [0.15, 0.2) is 0 Å². The van der Waals surface area contributed by atoms with E-state index in [1.807, 2.05) is 37.4 Å². The van der Waals surface area contributed by atoms with Crippen LogP contribution in [0.3, 0.4) is 0 Å². The molecular weight excluding hydrogens is 336 g/mol. The molecule has 27 heavy (non-hydrogen) atoms. The molecule has 2 heterocycles. The Morgan fingerprint density at radius 3 is 2.41 bits per heavy atom. The minimum atomic E-state index is -0.107. The van der Waals surface area contributed by atoms with Crippen LogP contribution in [0.1, 0.15) is 31.7 Å². The number of nitrogens with one attached hydrogen (secondary N) is 1. The number of carbonyl (C=O) groups is 1. The van der Waals surface area contributed by atoms with Gasteiger partial charge >= 0.3 is 0 Å². The van der Waals surface area contributed by atoms with Gasteiger partial charge in [0.25, 0.3) is 0 Å². The molecule has 1 aromatic carbocycles. The van der Waals surface area contributed by atoms with E-state index in [0.29, 0.717) is 12.5 Å². The first-order chi connectivity index (χ1) is 13.2. The Hall–Kier alpha value is -2.40. The summed E-state index contributed by atoms with van der Waals surface area (Å²) in [6.07, 6.45) is 2.84. The molecule has 1 N–H and O–H groups in total. The van der Waals surface area contributed by atoms with Gasteiger partial charge in [0.2, 0.25) is 5.91 Å². The van der Waals surface area contributed by atoms with E-state index in [9.17, 15) is 4.79 Å². The summed E-state index contributed by atoms with van der Waals surface area (Å²) in [7, 11) is 0. The SMILES string of the molecule is CC[C@H](CNC(=O)[C@@H](C)N1CCN(c2ccccn2)CC1)c1ccccc1. The van der Waals surface area contributed by atoms with Gasteiger partial charge in [0, 0.05) is 44.8 Å². The lowest BCUT2D eigenvalue weighted by atomic mass is 9.96. The maximum absolute atomic E-state index is 12.7. The van der Waals surface area contributed by atoms with Crippen molar-refractivity contribution in [3.63, 3.8) is 0 Å². The van der Waals surface area contributed by atoms with Crippen molar-refractivity contribution in [1.29, 1.82) is 0 Å². The van der Waals surface area contributed by atoms with E-state index in [0.717, 1.165) is 38.4 Å². The van der Waals surface area contributed by atoms with Gasteiger partial charge in [-0.25, -0.2) is 4.98 Å². The third kappa shape index (κ3) is 5.07. The Morgan fingerprint density at radius 2 is 1.78 bits per heavy atom. The Balaban J connectivity index is 1.48. The Kier molecular flexibility index (Phi) is 6.82. The number of hydrogen-bond donors (Lipinski definition) is 1. The van der Waals surface area contributed by atoms with E-state index < -0.39 is 0 Å². The summed E-state index contributed by atoms with van der Waals surface area (Å²) in [4.78, 5) is 21.6. The number of carbonyl (C=O) groups excluding carboxylic acids is 1. The molecule has 144 valence electrons. The van der Waals surface area contributed by atoms with Crippen molar-refractivity contribution < 1.29 is 4.79 Å². The van der Waals surface area contributed by atoms with E-state index in [1.165, 1.54) is 5.56 Å². The van der Waals surface area contributed by atoms with E-state index in [2.05, 4.69) is 51.3 Å². The number of benzene rings is 1. The van der Waals surface area contributed by atoms with Crippen molar-refractivity contribution in [3.8, 4) is 0 Å². The highest BCUT2D eigenvalue weighted by Gasteiger charge is 2.26. The number of hydrogen-bond acceptors (Lipinski definition) is 4. The number of amides is 1. The summed E-state index contributed by atoms with van der Waals surface area (Å²) in [6, 6.07) is 16.3. The lowest BCUT2D eigenvalue weighted by Crippen LogP contribution is -2.54. The maximum Gasteiger partial charge on any atom is 0.237 e. The van der Waals surface area contributed by atoms with Gasteiger partial charge < -0.3 is 10.2 Å². The quantitative estimate of drug-likeness (QED) is 0.819. The molecule has 1 saturated heterocycles. The Bertz CT molecular complexity index is 699. The molecule has 5 heteroatoms. The molecular formula is C22H30N4O. The number of rotatable bonds is 7. The second-order valence-corrected chi connectivity index (χ2v) is 7.15. The van der Waals surface area contributed by atoms with Crippen LogP contribution in [0.4, 0.5) is 5.82 Å². The normalized spacial score (nSPS) is 17.3. The molecule has 1 aromatic heterocycles. The summed E-state index contributed by atoms with van der Waals surface area (Å²) < 4.78 is 0. The van der Waals surface area contributed by atoms with Crippen molar-refractivity contribution >= 4 is 11.7 Å². The average Bonchev–Trinajstić information content (AvgIpc) is 2.75. The van der Waals surface area contributed by atoms with Crippen molar-refractivity contribution in [2.24, 2.45) is 0 Å². The molecule has 1 fully saturated rings. The lowest BCUT2D eigenvalue weighted by Gasteiger charge is -2.38. The van der Waals surface area contributed by atoms with Gasteiger partial charge in [0.1, 0.15) is 5.82 Å². The van der Waals surface area contributed by atoms with Crippen LogP contribution in [-0.4, -0.2) is 54.6 Å². The first-order valence-corrected chi connectivity index (χ1v) is 9.91. The number of piperazine rings is 1. The van der Waals surface area contributed by atoms with Crippen LogP contribution in [0, 0.1) is 0 Å². The predicted molar refractivity (Wildman–Crippen MR) is 110 cm³/mol. The predicted octanol–water partition coefficient (Wildman–Crippen LogP) is 2.90.